The van der Waals surface area contributed by atoms with E-state index in [4.69, 9.17) is 0 Å². The molecule has 1 aromatic carbocycles. The lowest BCUT2D eigenvalue weighted by atomic mass is 10.00. The highest BCUT2D eigenvalue weighted by molar-refractivity contribution is 5.26. The molecule has 106 valence electrons. The fourth-order valence-electron chi connectivity index (χ4n) is 2.06. The number of aromatic nitrogens is 1. The topological polar surface area (TPSA) is 24.9 Å². The van der Waals surface area contributed by atoms with E-state index in [9.17, 15) is 13.2 Å². The van der Waals surface area contributed by atoms with Crippen LogP contribution in [0.4, 0.5) is 13.2 Å². The summed E-state index contributed by atoms with van der Waals surface area (Å²) >= 11 is 0. The first kappa shape index (κ1) is 14.5. The molecule has 1 N–H and O–H groups in total. The van der Waals surface area contributed by atoms with Crippen LogP contribution in [-0.4, -0.2) is 12.0 Å². The van der Waals surface area contributed by atoms with E-state index >= 15 is 0 Å². The number of hydrogen-bond acceptors (Lipinski definition) is 2. The lowest BCUT2D eigenvalue weighted by Crippen LogP contribution is -2.22. The zero-order valence-electron chi connectivity index (χ0n) is 11.3. The molecule has 1 heterocycles. The van der Waals surface area contributed by atoms with Gasteiger partial charge < -0.3 is 5.32 Å². The minimum Gasteiger partial charge on any atom is -0.312 e. The molecular formula is C15H15F3N2. The molecule has 1 aromatic heterocycles. The summed E-state index contributed by atoms with van der Waals surface area (Å²) in [5.41, 5.74) is 1.54. The van der Waals surface area contributed by atoms with Crippen LogP contribution in [0.1, 0.15) is 22.9 Å². The summed E-state index contributed by atoms with van der Waals surface area (Å²) in [6.45, 7) is 1.91. The Morgan fingerprint density at radius 1 is 1.15 bits per heavy atom. The van der Waals surface area contributed by atoms with Gasteiger partial charge in [-0.15, -0.1) is 0 Å². The molecule has 0 radical (unpaired) electrons. The Bertz CT molecular complexity index is 574. The summed E-state index contributed by atoms with van der Waals surface area (Å²) in [4.78, 5) is 4.21. The van der Waals surface area contributed by atoms with Crippen LogP contribution in [0.3, 0.4) is 0 Å². The maximum absolute atomic E-state index is 13.8. The van der Waals surface area contributed by atoms with Crippen molar-refractivity contribution in [1.82, 2.24) is 10.3 Å². The molecule has 0 amide bonds. The van der Waals surface area contributed by atoms with Gasteiger partial charge in [0, 0.05) is 42.0 Å². The molecule has 0 saturated carbocycles. The van der Waals surface area contributed by atoms with Crippen molar-refractivity contribution in [1.29, 1.82) is 0 Å². The van der Waals surface area contributed by atoms with Crippen molar-refractivity contribution in [2.24, 2.45) is 0 Å². The Morgan fingerprint density at radius 2 is 1.80 bits per heavy atom. The minimum atomic E-state index is -0.924. The van der Waals surface area contributed by atoms with Crippen LogP contribution in [0.5, 0.6) is 0 Å². The first-order valence-electron chi connectivity index (χ1n) is 6.24. The molecular weight excluding hydrogens is 265 g/mol. The molecule has 0 aliphatic rings. The quantitative estimate of drug-likeness (QED) is 0.929. The summed E-state index contributed by atoms with van der Waals surface area (Å²) in [6.07, 6.45) is 2.01. The number of nitrogens with one attached hydrogen (secondary N) is 1. The molecule has 2 nitrogen and oxygen atoms in total. The van der Waals surface area contributed by atoms with Gasteiger partial charge in [-0.25, -0.2) is 13.2 Å². The number of rotatable bonds is 4. The van der Waals surface area contributed by atoms with Crippen molar-refractivity contribution in [2.75, 3.05) is 7.05 Å². The van der Waals surface area contributed by atoms with Gasteiger partial charge in [0.2, 0.25) is 0 Å². The Balaban J connectivity index is 2.31. The lowest BCUT2D eigenvalue weighted by Gasteiger charge is -2.18. The van der Waals surface area contributed by atoms with Gasteiger partial charge in [0.15, 0.2) is 0 Å². The van der Waals surface area contributed by atoms with E-state index in [0.29, 0.717) is 24.2 Å². The van der Waals surface area contributed by atoms with Crippen LogP contribution in [0.15, 0.2) is 30.5 Å². The summed E-state index contributed by atoms with van der Waals surface area (Å²) in [5, 5.41) is 2.84. The van der Waals surface area contributed by atoms with Crippen LogP contribution in [0.25, 0.3) is 0 Å². The third-order valence-corrected chi connectivity index (χ3v) is 3.13. The average molecular weight is 280 g/mol. The second kappa shape index (κ2) is 6.05. The first-order valence-corrected chi connectivity index (χ1v) is 6.24. The van der Waals surface area contributed by atoms with Gasteiger partial charge in [-0.3, -0.25) is 4.98 Å². The van der Waals surface area contributed by atoms with Crippen LogP contribution in [0.2, 0.25) is 0 Å². The van der Waals surface area contributed by atoms with E-state index in [1.54, 1.807) is 19.3 Å². The molecule has 0 spiro atoms. The van der Waals surface area contributed by atoms with Crippen molar-refractivity contribution < 1.29 is 13.2 Å². The molecule has 0 saturated heterocycles. The van der Waals surface area contributed by atoms with Crippen molar-refractivity contribution in [3.8, 4) is 0 Å². The standard InChI is InChI=1S/C15H15F3N2/c1-9-3-4-11(20-8-9)7-14(19-2)15-12(17)5-10(16)6-13(15)18/h3-6,8,14,19H,7H2,1-2H3. The molecule has 0 bridgehead atoms. The van der Waals surface area contributed by atoms with E-state index in [1.807, 2.05) is 13.0 Å². The third-order valence-electron chi connectivity index (χ3n) is 3.13. The lowest BCUT2D eigenvalue weighted by molar-refractivity contribution is 0.473. The Kier molecular flexibility index (Phi) is 4.39. The second-order valence-corrected chi connectivity index (χ2v) is 4.66. The van der Waals surface area contributed by atoms with Crippen LogP contribution in [0, 0.1) is 24.4 Å². The van der Waals surface area contributed by atoms with Crippen LogP contribution in [-0.2, 0) is 6.42 Å². The molecule has 20 heavy (non-hydrogen) atoms. The molecule has 5 heteroatoms. The van der Waals surface area contributed by atoms with Crippen LogP contribution < -0.4 is 5.32 Å². The molecule has 2 aromatic rings. The number of halogens is 3. The third kappa shape index (κ3) is 3.17. The first-order chi connectivity index (χ1) is 9.51. The van der Waals surface area contributed by atoms with Crippen molar-refractivity contribution in [3.63, 3.8) is 0 Å². The zero-order chi connectivity index (χ0) is 14.7. The van der Waals surface area contributed by atoms with E-state index in [0.717, 1.165) is 5.56 Å². The Hall–Kier alpha value is -1.88. The largest absolute Gasteiger partial charge is 0.312 e. The Morgan fingerprint density at radius 3 is 2.30 bits per heavy atom. The van der Waals surface area contributed by atoms with E-state index in [-0.39, 0.29) is 5.56 Å². The van der Waals surface area contributed by atoms with E-state index < -0.39 is 23.5 Å². The predicted molar refractivity (Wildman–Crippen MR) is 70.8 cm³/mol. The van der Waals surface area contributed by atoms with E-state index in [1.165, 1.54) is 0 Å². The van der Waals surface area contributed by atoms with Gasteiger partial charge in [0.05, 0.1) is 0 Å². The zero-order valence-corrected chi connectivity index (χ0v) is 11.3. The fraction of sp³-hybridized carbons (Fsp3) is 0.267. The monoisotopic (exact) mass is 280 g/mol. The minimum absolute atomic E-state index is 0.170. The number of pyridine rings is 1. The summed E-state index contributed by atoms with van der Waals surface area (Å²) < 4.78 is 40.5. The van der Waals surface area contributed by atoms with Gasteiger partial charge >= 0.3 is 0 Å². The predicted octanol–water partition coefficient (Wildman–Crippen LogP) is 3.31. The number of benzene rings is 1. The molecule has 0 fully saturated rings. The van der Waals surface area contributed by atoms with Crippen molar-refractivity contribution in [2.45, 2.75) is 19.4 Å². The van der Waals surface area contributed by atoms with Gasteiger partial charge in [-0.05, 0) is 25.6 Å². The highest BCUT2D eigenvalue weighted by Gasteiger charge is 2.21. The van der Waals surface area contributed by atoms with Gasteiger partial charge in [0.25, 0.3) is 0 Å². The van der Waals surface area contributed by atoms with E-state index in [2.05, 4.69) is 10.3 Å². The summed E-state index contributed by atoms with van der Waals surface area (Å²) in [5.74, 6) is -2.71. The summed E-state index contributed by atoms with van der Waals surface area (Å²) in [6, 6.07) is 4.45. The molecule has 0 aliphatic carbocycles. The molecule has 2 rings (SSSR count). The normalized spacial score (nSPS) is 12.4. The van der Waals surface area contributed by atoms with Crippen molar-refractivity contribution in [3.05, 3.63) is 64.7 Å². The smallest absolute Gasteiger partial charge is 0.133 e. The van der Waals surface area contributed by atoms with Gasteiger partial charge in [-0.2, -0.15) is 0 Å². The highest BCUT2D eigenvalue weighted by Crippen LogP contribution is 2.24. The van der Waals surface area contributed by atoms with Gasteiger partial charge in [-0.1, -0.05) is 6.07 Å². The molecule has 1 unspecified atom stereocenters. The maximum Gasteiger partial charge on any atom is 0.133 e. The van der Waals surface area contributed by atoms with Gasteiger partial charge in [0.1, 0.15) is 17.5 Å². The van der Waals surface area contributed by atoms with Crippen LogP contribution >= 0.6 is 0 Å². The average Bonchev–Trinajstić information content (AvgIpc) is 2.38. The summed E-state index contributed by atoms with van der Waals surface area (Å²) in [7, 11) is 1.60. The fourth-order valence-corrected chi connectivity index (χ4v) is 2.06. The number of aryl methyl sites for hydroxylation is 1. The maximum atomic E-state index is 13.8. The highest BCUT2D eigenvalue weighted by atomic mass is 19.1. The number of likely N-dealkylation sites (N-methyl/N-ethyl adjacent to an activating group) is 1. The molecule has 1 atom stereocenters. The molecule has 0 aliphatic heterocycles. The number of hydrogen-bond donors (Lipinski definition) is 1. The second-order valence-electron chi connectivity index (χ2n) is 4.66. The SMILES string of the molecule is CNC(Cc1ccc(C)cn1)c1c(F)cc(F)cc1F. The Labute approximate surface area is 115 Å². The van der Waals surface area contributed by atoms with Crippen molar-refractivity contribution >= 4 is 0 Å². The number of nitrogens with zero attached hydrogens (tertiary/aromatic N) is 1.